The van der Waals surface area contributed by atoms with Gasteiger partial charge in [0, 0.05) is 6.07 Å². The van der Waals surface area contributed by atoms with E-state index in [1.54, 1.807) is 0 Å². The van der Waals surface area contributed by atoms with Gasteiger partial charge >= 0.3 is 5.97 Å². The SMILES string of the molecule is COC(=O)c1cc([N+](=O)[O-])cc(F)c1OC. The van der Waals surface area contributed by atoms with Crippen molar-refractivity contribution in [2.24, 2.45) is 0 Å². The summed E-state index contributed by atoms with van der Waals surface area (Å²) >= 11 is 0. The molecule has 0 radical (unpaired) electrons. The largest absolute Gasteiger partial charge is 0.493 e. The van der Waals surface area contributed by atoms with Crippen LogP contribution in [0.5, 0.6) is 5.75 Å². The van der Waals surface area contributed by atoms with Gasteiger partial charge in [-0.1, -0.05) is 0 Å². The second-order valence-corrected chi connectivity index (χ2v) is 2.76. The number of nitro groups is 1. The lowest BCUT2D eigenvalue weighted by molar-refractivity contribution is -0.385. The number of carbonyl (C=O) groups is 1. The van der Waals surface area contributed by atoms with Gasteiger partial charge in [0.05, 0.1) is 25.2 Å². The van der Waals surface area contributed by atoms with E-state index in [1.165, 1.54) is 0 Å². The number of benzene rings is 1. The molecule has 7 heteroatoms. The maximum absolute atomic E-state index is 13.3. The first-order chi connectivity index (χ1) is 7.51. The highest BCUT2D eigenvalue weighted by Crippen LogP contribution is 2.28. The summed E-state index contributed by atoms with van der Waals surface area (Å²) in [5.41, 5.74) is -0.865. The molecule has 0 aromatic heterocycles. The van der Waals surface area contributed by atoms with Crippen LogP contribution in [0, 0.1) is 15.9 Å². The lowest BCUT2D eigenvalue weighted by Gasteiger charge is -2.07. The average molecular weight is 229 g/mol. The third-order valence-corrected chi connectivity index (χ3v) is 1.85. The van der Waals surface area contributed by atoms with Gasteiger partial charge in [-0.05, 0) is 0 Å². The number of methoxy groups -OCH3 is 2. The minimum absolute atomic E-state index is 0.322. The molecule has 0 aliphatic heterocycles. The molecule has 0 N–H and O–H groups in total. The van der Waals surface area contributed by atoms with Crippen molar-refractivity contribution in [2.75, 3.05) is 14.2 Å². The summed E-state index contributed by atoms with van der Waals surface area (Å²) in [5, 5.41) is 10.5. The Labute approximate surface area is 89.7 Å². The number of esters is 1. The summed E-state index contributed by atoms with van der Waals surface area (Å²) in [7, 11) is 2.23. The predicted molar refractivity (Wildman–Crippen MR) is 50.9 cm³/mol. The number of hydrogen-bond acceptors (Lipinski definition) is 5. The highest BCUT2D eigenvalue weighted by Gasteiger charge is 2.22. The number of nitrogens with zero attached hydrogens (tertiary/aromatic N) is 1. The first kappa shape index (κ1) is 11.9. The maximum Gasteiger partial charge on any atom is 0.342 e. The molecule has 0 spiro atoms. The summed E-state index contributed by atoms with van der Waals surface area (Å²) in [6.45, 7) is 0. The number of halogens is 1. The molecular weight excluding hydrogens is 221 g/mol. The Morgan fingerprint density at radius 3 is 2.50 bits per heavy atom. The minimum atomic E-state index is -0.989. The number of ether oxygens (including phenoxy) is 2. The third-order valence-electron chi connectivity index (χ3n) is 1.85. The van der Waals surface area contributed by atoms with Crippen molar-refractivity contribution in [3.63, 3.8) is 0 Å². The number of rotatable bonds is 3. The average Bonchev–Trinajstić information content (AvgIpc) is 2.26. The molecule has 86 valence electrons. The molecule has 16 heavy (non-hydrogen) atoms. The fraction of sp³-hybridized carbons (Fsp3) is 0.222. The lowest BCUT2D eigenvalue weighted by Crippen LogP contribution is -2.06. The van der Waals surface area contributed by atoms with Gasteiger partial charge in [0.15, 0.2) is 11.6 Å². The zero-order valence-electron chi connectivity index (χ0n) is 8.52. The fourth-order valence-corrected chi connectivity index (χ4v) is 1.15. The van der Waals surface area contributed by atoms with Crippen molar-refractivity contribution in [3.8, 4) is 5.75 Å². The molecule has 0 atom stereocenters. The van der Waals surface area contributed by atoms with Crippen LogP contribution in [0.2, 0.25) is 0 Å². The fourth-order valence-electron chi connectivity index (χ4n) is 1.15. The van der Waals surface area contributed by atoms with Gasteiger partial charge in [-0.2, -0.15) is 0 Å². The van der Waals surface area contributed by atoms with Crippen molar-refractivity contribution >= 4 is 11.7 Å². The van der Waals surface area contributed by atoms with E-state index in [-0.39, 0.29) is 11.3 Å². The molecule has 0 aliphatic carbocycles. The van der Waals surface area contributed by atoms with E-state index >= 15 is 0 Å². The van der Waals surface area contributed by atoms with Crippen molar-refractivity contribution in [1.29, 1.82) is 0 Å². The Morgan fingerprint density at radius 2 is 2.06 bits per heavy atom. The quantitative estimate of drug-likeness (QED) is 0.446. The van der Waals surface area contributed by atoms with E-state index in [4.69, 9.17) is 0 Å². The van der Waals surface area contributed by atoms with Gasteiger partial charge in [-0.15, -0.1) is 0 Å². The zero-order chi connectivity index (χ0) is 12.3. The highest BCUT2D eigenvalue weighted by atomic mass is 19.1. The summed E-state index contributed by atoms with van der Waals surface area (Å²) in [4.78, 5) is 20.9. The van der Waals surface area contributed by atoms with Gasteiger partial charge in [0.2, 0.25) is 0 Å². The Bertz CT molecular complexity index is 446. The zero-order valence-corrected chi connectivity index (χ0v) is 8.52. The van der Waals surface area contributed by atoms with Crippen LogP contribution in [0.4, 0.5) is 10.1 Å². The van der Waals surface area contributed by atoms with Gasteiger partial charge in [-0.3, -0.25) is 10.1 Å². The summed E-state index contributed by atoms with van der Waals surface area (Å²) in [6.07, 6.45) is 0. The Morgan fingerprint density at radius 1 is 1.44 bits per heavy atom. The van der Waals surface area contributed by atoms with Crippen molar-refractivity contribution in [1.82, 2.24) is 0 Å². The topological polar surface area (TPSA) is 78.7 Å². The number of hydrogen-bond donors (Lipinski definition) is 0. The molecule has 0 amide bonds. The van der Waals surface area contributed by atoms with E-state index in [2.05, 4.69) is 9.47 Å². The van der Waals surface area contributed by atoms with E-state index in [9.17, 15) is 19.3 Å². The first-order valence-corrected chi connectivity index (χ1v) is 4.11. The predicted octanol–water partition coefficient (Wildman–Crippen LogP) is 1.53. The lowest BCUT2D eigenvalue weighted by atomic mass is 10.1. The third kappa shape index (κ3) is 2.08. The Kier molecular flexibility index (Phi) is 3.39. The minimum Gasteiger partial charge on any atom is -0.493 e. The Balaban J connectivity index is 3.42. The maximum atomic E-state index is 13.3. The summed E-state index contributed by atoms with van der Waals surface area (Å²) in [5.74, 6) is -2.27. The van der Waals surface area contributed by atoms with Crippen LogP contribution in [-0.4, -0.2) is 25.1 Å². The van der Waals surface area contributed by atoms with Crippen LogP contribution in [-0.2, 0) is 4.74 Å². The van der Waals surface area contributed by atoms with Crippen molar-refractivity contribution in [2.45, 2.75) is 0 Å². The van der Waals surface area contributed by atoms with Crippen LogP contribution in [0.15, 0.2) is 12.1 Å². The highest BCUT2D eigenvalue weighted by molar-refractivity contribution is 5.93. The second-order valence-electron chi connectivity index (χ2n) is 2.76. The number of carbonyl (C=O) groups excluding carboxylic acids is 1. The molecule has 6 nitrogen and oxygen atoms in total. The van der Waals surface area contributed by atoms with Gasteiger partial charge in [0.1, 0.15) is 5.56 Å². The van der Waals surface area contributed by atoms with E-state index < -0.39 is 22.4 Å². The molecule has 0 bridgehead atoms. The molecule has 1 aromatic carbocycles. The molecule has 0 saturated carbocycles. The van der Waals surface area contributed by atoms with E-state index in [0.717, 1.165) is 20.3 Å². The van der Waals surface area contributed by atoms with E-state index in [1.807, 2.05) is 0 Å². The van der Waals surface area contributed by atoms with Crippen LogP contribution >= 0.6 is 0 Å². The molecule has 0 heterocycles. The van der Waals surface area contributed by atoms with Crippen LogP contribution in [0.25, 0.3) is 0 Å². The molecule has 0 unspecified atom stereocenters. The molecule has 0 saturated heterocycles. The van der Waals surface area contributed by atoms with Crippen LogP contribution < -0.4 is 4.74 Å². The monoisotopic (exact) mass is 229 g/mol. The molecular formula is C9H8FNO5. The standard InChI is InChI=1S/C9H8FNO5/c1-15-8-6(9(12)16-2)3-5(11(13)14)4-7(8)10/h3-4H,1-2H3. The van der Waals surface area contributed by atoms with Crippen LogP contribution in [0.3, 0.4) is 0 Å². The van der Waals surface area contributed by atoms with Crippen LogP contribution in [0.1, 0.15) is 10.4 Å². The molecule has 1 aromatic rings. The van der Waals surface area contributed by atoms with Crippen molar-refractivity contribution in [3.05, 3.63) is 33.6 Å². The number of nitro benzene ring substituents is 1. The summed E-state index contributed by atoms with van der Waals surface area (Å²) < 4.78 is 22.3. The number of non-ortho nitro benzene ring substituents is 1. The molecule has 0 fully saturated rings. The molecule has 1 rings (SSSR count). The summed E-state index contributed by atoms with van der Waals surface area (Å²) in [6, 6.07) is 1.57. The normalized spacial score (nSPS) is 9.69. The second kappa shape index (κ2) is 4.56. The van der Waals surface area contributed by atoms with Gasteiger partial charge in [-0.25, -0.2) is 9.18 Å². The molecule has 0 aliphatic rings. The first-order valence-electron chi connectivity index (χ1n) is 4.11. The Hall–Kier alpha value is -2.18. The van der Waals surface area contributed by atoms with Gasteiger partial charge in [0.25, 0.3) is 5.69 Å². The smallest absolute Gasteiger partial charge is 0.342 e. The van der Waals surface area contributed by atoms with Gasteiger partial charge < -0.3 is 9.47 Å². The van der Waals surface area contributed by atoms with Crippen molar-refractivity contribution < 1.29 is 23.6 Å². The van der Waals surface area contributed by atoms with E-state index in [0.29, 0.717) is 6.07 Å².